The summed E-state index contributed by atoms with van der Waals surface area (Å²) in [5.74, 6) is -0.0277. The van der Waals surface area contributed by atoms with E-state index in [1.54, 1.807) is 24.3 Å². The number of likely N-dealkylation sites (N-methyl/N-ethyl adjacent to an activating group) is 1. The Morgan fingerprint density at radius 3 is 2.29 bits per heavy atom. The van der Waals surface area contributed by atoms with Gasteiger partial charge in [0, 0.05) is 39.3 Å². The molecule has 2 N–H and O–H groups in total. The maximum atomic E-state index is 12.6. The van der Waals surface area contributed by atoms with Gasteiger partial charge in [-0.1, -0.05) is 17.7 Å². The molecule has 0 unspecified atom stereocenters. The van der Waals surface area contributed by atoms with Gasteiger partial charge in [0.25, 0.3) is 0 Å². The van der Waals surface area contributed by atoms with Gasteiger partial charge in [-0.15, -0.1) is 0 Å². The van der Waals surface area contributed by atoms with E-state index in [4.69, 9.17) is 0 Å². The first-order valence-electron chi connectivity index (χ1n) is 8.14. The molecule has 1 aromatic carbocycles. The molecule has 0 radical (unpaired) electrons. The molecule has 8 heteroatoms. The van der Waals surface area contributed by atoms with Crippen LogP contribution in [0.1, 0.15) is 5.56 Å². The summed E-state index contributed by atoms with van der Waals surface area (Å²) in [5.41, 5.74) is 1.03. The molecule has 0 atom stereocenters. The molecule has 1 aliphatic heterocycles. The van der Waals surface area contributed by atoms with Gasteiger partial charge in [-0.05, 0) is 26.1 Å². The van der Waals surface area contributed by atoms with E-state index in [1.807, 2.05) is 18.9 Å². The Balaban J connectivity index is 1.85. The molecule has 24 heavy (non-hydrogen) atoms. The van der Waals surface area contributed by atoms with Gasteiger partial charge >= 0.3 is 0 Å². The van der Waals surface area contributed by atoms with Crippen molar-refractivity contribution in [1.29, 1.82) is 0 Å². The monoisotopic (exact) mass is 354 g/mol. The molecule has 134 valence electrons. The fourth-order valence-corrected chi connectivity index (χ4v) is 4.00. The molecule has 0 spiro atoms. The number of piperazine rings is 1. The first kappa shape index (κ1) is 18.9. The number of carbonyl (C=O) groups excluding carboxylic acids is 1. The molecule has 0 saturated carbocycles. The second kappa shape index (κ2) is 8.57. The number of amides is 1. The quantitative estimate of drug-likeness (QED) is 0.654. The molecule has 7 nitrogen and oxygen atoms in total. The molecule has 1 aromatic rings. The molecule has 1 heterocycles. The number of sulfonamides is 1. The smallest absolute Gasteiger partial charge is 0.243 e. The summed E-state index contributed by atoms with van der Waals surface area (Å²) in [7, 11) is -1.62. The van der Waals surface area contributed by atoms with Crippen molar-refractivity contribution in [3.8, 4) is 0 Å². The van der Waals surface area contributed by atoms with E-state index in [1.165, 1.54) is 4.31 Å². The zero-order valence-electron chi connectivity index (χ0n) is 14.3. The van der Waals surface area contributed by atoms with Crippen LogP contribution >= 0.6 is 0 Å². The molecule has 2 rings (SSSR count). The number of hydrogen-bond donors (Lipinski definition) is 2. The van der Waals surface area contributed by atoms with Gasteiger partial charge in [-0.25, -0.2) is 8.42 Å². The molecule has 0 aliphatic carbocycles. The van der Waals surface area contributed by atoms with Crippen molar-refractivity contribution in [2.24, 2.45) is 0 Å². The van der Waals surface area contributed by atoms with Crippen molar-refractivity contribution < 1.29 is 13.2 Å². The molecule has 1 fully saturated rings. The van der Waals surface area contributed by atoms with Gasteiger partial charge in [0.15, 0.2) is 0 Å². The average Bonchev–Trinajstić information content (AvgIpc) is 2.56. The summed E-state index contributed by atoms with van der Waals surface area (Å²) in [6.45, 7) is 5.49. The molecule has 0 aromatic heterocycles. The van der Waals surface area contributed by atoms with Crippen LogP contribution in [0.25, 0.3) is 0 Å². The van der Waals surface area contributed by atoms with Gasteiger partial charge in [0.05, 0.1) is 11.4 Å². The van der Waals surface area contributed by atoms with Crippen molar-refractivity contribution in [1.82, 2.24) is 19.8 Å². The highest BCUT2D eigenvalue weighted by Gasteiger charge is 2.28. The van der Waals surface area contributed by atoms with Gasteiger partial charge in [0.2, 0.25) is 15.9 Å². The third-order valence-electron chi connectivity index (χ3n) is 4.05. The molecular formula is C16H26N4O3S. The molecule has 1 aliphatic rings. The number of nitrogens with zero attached hydrogens (tertiary/aromatic N) is 2. The Morgan fingerprint density at radius 1 is 1.08 bits per heavy atom. The largest absolute Gasteiger partial charge is 0.354 e. The summed E-state index contributed by atoms with van der Waals surface area (Å²) in [6.07, 6.45) is 0. The second-order valence-electron chi connectivity index (χ2n) is 5.95. The van der Waals surface area contributed by atoms with Gasteiger partial charge in [0.1, 0.15) is 0 Å². The number of nitrogens with one attached hydrogen (secondary N) is 2. The highest BCUT2D eigenvalue weighted by Crippen LogP contribution is 2.18. The van der Waals surface area contributed by atoms with Crippen molar-refractivity contribution >= 4 is 15.9 Å². The highest BCUT2D eigenvalue weighted by atomic mass is 32.2. The fraction of sp³-hybridized carbons (Fsp3) is 0.562. The molecule has 0 bridgehead atoms. The third kappa shape index (κ3) is 5.01. The third-order valence-corrected chi connectivity index (χ3v) is 5.97. The first-order chi connectivity index (χ1) is 11.4. The Labute approximate surface area is 144 Å². The van der Waals surface area contributed by atoms with E-state index >= 15 is 0 Å². The van der Waals surface area contributed by atoms with Crippen molar-refractivity contribution in [2.75, 3.05) is 52.9 Å². The van der Waals surface area contributed by atoms with Crippen LogP contribution in [0.2, 0.25) is 0 Å². The minimum absolute atomic E-state index is 0.0277. The van der Waals surface area contributed by atoms with E-state index < -0.39 is 10.0 Å². The molecule has 1 amide bonds. The fourth-order valence-electron chi connectivity index (χ4n) is 2.57. The lowest BCUT2D eigenvalue weighted by Crippen LogP contribution is -2.51. The van der Waals surface area contributed by atoms with Crippen LogP contribution in [0, 0.1) is 6.92 Å². The van der Waals surface area contributed by atoms with Crippen molar-refractivity contribution in [3.63, 3.8) is 0 Å². The van der Waals surface area contributed by atoms with Crippen LogP contribution in [0.4, 0.5) is 0 Å². The van der Waals surface area contributed by atoms with Crippen LogP contribution in [-0.2, 0) is 14.8 Å². The number of benzene rings is 1. The summed E-state index contributed by atoms with van der Waals surface area (Å²) >= 11 is 0. The standard InChI is InChI=1S/C16H26N4O3S/c1-14-3-5-15(6-4-14)24(22,23)20-11-9-19(10-12-20)13-16(21)18-8-7-17-2/h3-6,17H,7-13H2,1-2H3,(H,18,21). The maximum Gasteiger partial charge on any atom is 0.243 e. The lowest BCUT2D eigenvalue weighted by Gasteiger charge is -2.33. The molecule has 1 saturated heterocycles. The predicted molar refractivity (Wildman–Crippen MR) is 93.3 cm³/mol. The second-order valence-corrected chi connectivity index (χ2v) is 7.88. The predicted octanol–water partition coefficient (Wildman–Crippen LogP) is -0.363. The first-order valence-corrected chi connectivity index (χ1v) is 9.58. The van der Waals surface area contributed by atoms with E-state index in [9.17, 15) is 13.2 Å². The average molecular weight is 354 g/mol. The Bertz CT molecular complexity index is 638. The highest BCUT2D eigenvalue weighted by molar-refractivity contribution is 7.89. The molecular weight excluding hydrogens is 328 g/mol. The van der Waals surface area contributed by atoms with Gasteiger partial charge in [-0.2, -0.15) is 4.31 Å². The van der Waals surface area contributed by atoms with Gasteiger partial charge in [-0.3, -0.25) is 9.69 Å². The van der Waals surface area contributed by atoms with Crippen LogP contribution in [0.3, 0.4) is 0 Å². The minimum Gasteiger partial charge on any atom is -0.354 e. The number of rotatable bonds is 7. The number of hydrogen-bond acceptors (Lipinski definition) is 5. The van der Waals surface area contributed by atoms with Crippen LogP contribution in [0.5, 0.6) is 0 Å². The Morgan fingerprint density at radius 2 is 1.71 bits per heavy atom. The van der Waals surface area contributed by atoms with E-state index in [-0.39, 0.29) is 5.91 Å². The SMILES string of the molecule is CNCCNC(=O)CN1CCN(S(=O)(=O)c2ccc(C)cc2)CC1. The van der Waals surface area contributed by atoms with E-state index in [0.717, 1.165) is 12.1 Å². The van der Waals surface area contributed by atoms with Crippen LogP contribution < -0.4 is 10.6 Å². The lowest BCUT2D eigenvalue weighted by molar-refractivity contribution is -0.122. The van der Waals surface area contributed by atoms with E-state index in [2.05, 4.69) is 10.6 Å². The maximum absolute atomic E-state index is 12.6. The number of aryl methyl sites for hydroxylation is 1. The van der Waals surface area contributed by atoms with Crippen LogP contribution in [0.15, 0.2) is 29.2 Å². The summed E-state index contributed by atoms with van der Waals surface area (Å²) in [4.78, 5) is 14.1. The van der Waals surface area contributed by atoms with Gasteiger partial charge < -0.3 is 10.6 Å². The Hall–Kier alpha value is -1.48. The summed E-state index contributed by atoms with van der Waals surface area (Å²) < 4.78 is 26.7. The van der Waals surface area contributed by atoms with Crippen molar-refractivity contribution in [2.45, 2.75) is 11.8 Å². The topological polar surface area (TPSA) is 81.8 Å². The lowest BCUT2D eigenvalue weighted by atomic mass is 10.2. The summed E-state index contributed by atoms with van der Waals surface area (Å²) in [6, 6.07) is 6.90. The number of carbonyl (C=O) groups is 1. The normalized spacial score (nSPS) is 16.9. The van der Waals surface area contributed by atoms with Crippen LogP contribution in [-0.4, -0.2) is 76.4 Å². The zero-order valence-corrected chi connectivity index (χ0v) is 15.1. The zero-order chi connectivity index (χ0) is 17.6. The summed E-state index contributed by atoms with van der Waals surface area (Å²) in [5, 5.41) is 5.79. The Kier molecular flexibility index (Phi) is 6.73. The van der Waals surface area contributed by atoms with E-state index in [0.29, 0.717) is 44.2 Å². The van der Waals surface area contributed by atoms with Crippen molar-refractivity contribution in [3.05, 3.63) is 29.8 Å². The minimum atomic E-state index is -3.45.